The zero-order chi connectivity index (χ0) is 15.5. The topological polar surface area (TPSA) is 51.2 Å². The summed E-state index contributed by atoms with van der Waals surface area (Å²) in [5.74, 6) is -0.354. The maximum Gasteiger partial charge on any atom is 0.199 e. The number of rotatable bonds is 4. The van der Waals surface area contributed by atoms with Crippen LogP contribution in [0, 0.1) is 6.92 Å². The van der Waals surface area contributed by atoms with E-state index in [1.165, 1.54) is 24.3 Å². The number of hydrogen-bond donors (Lipinski definition) is 0. The highest BCUT2D eigenvalue weighted by Crippen LogP contribution is 2.16. The summed E-state index contributed by atoms with van der Waals surface area (Å²) in [5.41, 5.74) is 1.48. The van der Waals surface area contributed by atoms with Gasteiger partial charge in [0, 0.05) is 16.0 Å². The molecule has 0 spiro atoms. The normalized spacial score (nSPS) is 11.7. The Kier molecular flexibility index (Phi) is 4.60. The van der Waals surface area contributed by atoms with Crippen molar-refractivity contribution in [2.45, 2.75) is 11.8 Å². The van der Waals surface area contributed by atoms with Crippen molar-refractivity contribution in [1.29, 1.82) is 0 Å². The van der Waals surface area contributed by atoms with Gasteiger partial charge in [-0.25, -0.2) is 8.42 Å². The molecule has 0 unspecified atom stereocenters. The van der Waals surface area contributed by atoms with E-state index < -0.39 is 9.84 Å². The first-order chi connectivity index (χ1) is 9.88. The molecule has 0 heterocycles. The van der Waals surface area contributed by atoms with Crippen molar-refractivity contribution in [3.8, 4) is 0 Å². The van der Waals surface area contributed by atoms with Crippen LogP contribution in [-0.2, 0) is 9.84 Å². The van der Waals surface area contributed by atoms with Gasteiger partial charge in [0.1, 0.15) is 0 Å². The molecule has 5 heteroatoms. The first-order valence-corrected chi connectivity index (χ1v) is 8.11. The Balaban J connectivity index is 2.21. The molecule has 2 rings (SSSR count). The van der Waals surface area contributed by atoms with Gasteiger partial charge in [-0.3, -0.25) is 4.79 Å². The minimum atomic E-state index is -3.65. The van der Waals surface area contributed by atoms with Crippen molar-refractivity contribution in [2.24, 2.45) is 0 Å². The van der Waals surface area contributed by atoms with Gasteiger partial charge in [-0.15, -0.1) is 0 Å². The second-order valence-corrected chi connectivity index (χ2v) is 6.80. The molecule has 108 valence electrons. The van der Waals surface area contributed by atoms with Crippen LogP contribution < -0.4 is 0 Å². The molecule has 21 heavy (non-hydrogen) atoms. The smallest absolute Gasteiger partial charge is 0.199 e. The Labute approximate surface area is 128 Å². The molecular weight excluding hydrogens is 308 g/mol. The third kappa shape index (κ3) is 4.03. The van der Waals surface area contributed by atoms with Gasteiger partial charge >= 0.3 is 0 Å². The molecular formula is C16H13ClO3S. The van der Waals surface area contributed by atoms with Gasteiger partial charge in [0.15, 0.2) is 15.6 Å². The minimum Gasteiger partial charge on any atom is -0.289 e. The maximum atomic E-state index is 12.1. The molecule has 0 N–H and O–H groups in total. The van der Waals surface area contributed by atoms with Crippen LogP contribution in [0.3, 0.4) is 0 Å². The summed E-state index contributed by atoms with van der Waals surface area (Å²) in [6.07, 6.45) is 1.06. The lowest BCUT2D eigenvalue weighted by molar-refractivity contribution is 0.104. The fourth-order valence-electron chi connectivity index (χ4n) is 1.67. The van der Waals surface area contributed by atoms with Crippen LogP contribution in [0.4, 0.5) is 0 Å². The number of ketones is 1. The van der Waals surface area contributed by atoms with Crippen LogP contribution in [-0.4, -0.2) is 14.2 Å². The summed E-state index contributed by atoms with van der Waals surface area (Å²) >= 11 is 5.72. The van der Waals surface area contributed by atoms with E-state index in [9.17, 15) is 13.2 Å². The molecule has 3 nitrogen and oxygen atoms in total. The van der Waals surface area contributed by atoms with E-state index >= 15 is 0 Å². The van der Waals surface area contributed by atoms with Crippen LogP contribution in [0.25, 0.3) is 0 Å². The fraction of sp³-hybridized carbons (Fsp3) is 0.0625. The van der Waals surface area contributed by atoms with Gasteiger partial charge in [0.05, 0.1) is 4.90 Å². The number of halogens is 1. The number of allylic oxidation sites excluding steroid dienone is 1. The highest BCUT2D eigenvalue weighted by Gasteiger charge is 2.11. The third-order valence-electron chi connectivity index (χ3n) is 2.88. The number of aryl methyl sites for hydroxylation is 1. The van der Waals surface area contributed by atoms with Gasteiger partial charge in [-0.05, 0) is 37.3 Å². The number of carbonyl (C=O) groups excluding carboxylic acids is 1. The van der Waals surface area contributed by atoms with E-state index in [2.05, 4.69) is 0 Å². The highest BCUT2D eigenvalue weighted by atomic mass is 35.5. The standard InChI is InChI=1S/C16H13ClO3S/c1-12-2-4-13(5-3-12)16(18)10-11-21(19,20)15-8-6-14(17)7-9-15/h2-11H,1H3. The number of hydrogen-bond acceptors (Lipinski definition) is 3. The molecule has 0 aliphatic heterocycles. The molecule has 0 aliphatic rings. The lowest BCUT2D eigenvalue weighted by atomic mass is 10.1. The molecule has 0 atom stereocenters. The molecule has 0 saturated carbocycles. The van der Waals surface area contributed by atoms with Crippen LogP contribution in [0.1, 0.15) is 15.9 Å². The predicted molar refractivity (Wildman–Crippen MR) is 83.3 cm³/mol. The van der Waals surface area contributed by atoms with Crippen molar-refractivity contribution < 1.29 is 13.2 Å². The summed E-state index contributed by atoms with van der Waals surface area (Å²) in [6, 6.07) is 12.7. The fourth-order valence-corrected chi connectivity index (χ4v) is 2.77. The SMILES string of the molecule is Cc1ccc(C(=O)C=CS(=O)(=O)c2ccc(Cl)cc2)cc1. The summed E-state index contributed by atoms with van der Waals surface area (Å²) in [6.45, 7) is 1.91. The Morgan fingerprint density at radius 2 is 1.57 bits per heavy atom. The lowest BCUT2D eigenvalue weighted by Crippen LogP contribution is -1.99. The molecule has 0 fully saturated rings. The van der Waals surface area contributed by atoms with Crippen molar-refractivity contribution in [3.63, 3.8) is 0 Å². The Morgan fingerprint density at radius 1 is 1.00 bits per heavy atom. The van der Waals surface area contributed by atoms with Crippen molar-refractivity contribution >= 4 is 27.2 Å². The first kappa shape index (κ1) is 15.5. The van der Waals surface area contributed by atoms with E-state index in [1.54, 1.807) is 24.3 Å². The van der Waals surface area contributed by atoms with E-state index in [-0.39, 0.29) is 10.7 Å². The minimum absolute atomic E-state index is 0.0971. The lowest BCUT2D eigenvalue weighted by Gasteiger charge is -1.99. The van der Waals surface area contributed by atoms with Crippen molar-refractivity contribution in [3.05, 3.63) is 76.2 Å². The average molecular weight is 321 g/mol. The monoisotopic (exact) mass is 320 g/mol. The van der Waals surface area contributed by atoms with E-state index in [0.717, 1.165) is 17.0 Å². The zero-order valence-corrected chi connectivity index (χ0v) is 12.9. The maximum absolute atomic E-state index is 12.1. The molecule has 0 amide bonds. The summed E-state index contributed by atoms with van der Waals surface area (Å²) < 4.78 is 24.1. The van der Waals surface area contributed by atoms with Crippen molar-refractivity contribution in [1.82, 2.24) is 0 Å². The number of carbonyl (C=O) groups is 1. The summed E-state index contributed by atoms with van der Waals surface area (Å²) in [5, 5.41) is 1.37. The molecule has 0 aliphatic carbocycles. The van der Waals surface area contributed by atoms with Crippen LogP contribution >= 0.6 is 11.6 Å². The van der Waals surface area contributed by atoms with E-state index in [0.29, 0.717) is 10.6 Å². The third-order valence-corrected chi connectivity index (χ3v) is 4.55. The molecule has 2 aromatic rings. The van der Waals surface area contributed by atoms with Gasteiger partial charge in [0.2, 0.25) is 0 Å². The first-order valence-electron chi connectivity index (χ1n) is 6.18. The van der Waals surface area contributed by atoms with E-state index in [1.807, 2.05) is 6.92 Å². The molecule has 0 radical (unpaired) electrons. The second kappa shape index (κ2) is 6.24. The van der Waals surface area contributed by atoms with Crippen LogP contribution in [0.2, 0.25) is 5.02 Å². The van der Waals surface area contributed by atoms with Gasteiger partial charge in [0.25, 0.3) is 0 Å². The molecule has 0 saturated heterocycles. The number of benzene rings is 2. The largest absolute Gasteiger partial charge is 0.289 e. The Morgan fingerprint density at radius 3 is 2.14 bits per heavy atom. The number of sulfone groups is 1. The zero-order valence-electron chi connectivity index (χ0n) is 11.3. The van der Waals surface area contributed by atoms with Crippen LogP contribution in [0.5, 0.6) is 0 Å². The van der Waals surface area contributed by atoms with Crippen molar-refractivity contribution in [2.75, 3.05) is 0 Å². The molecule has 2 aromatic carbocycles. The predicted octanol–water partition coefficient (Wildman–Crippen LogP) is 3.82. The Hall–Kier alpha value is -1.91. The molecule has 0 bridgehead atoms. The summed E-state index contributed by atoms with van der Waals surface area (Å²) in [7, 11) is -3.65. The van der Waals surface area contributed by atoms with Crippen LogP contribution in [0.15, 0.2) is 64.9 Å². The van der Waals surface area contributed by atoms with Gasteiger partial charge in [-0.1, -0.05) is 41.4 Å². The average Bonchev–Trinajstić information content (AvgIpc) is 2.46. The van der Waals surface area contributed by atoms with Gasteiger partial charge < -0.3 is 0 Å². The Bertz CT molecular complexity index is 773. The van der Waals surface area contributed by atoms with E-state index in [4.69, 9.17) is 11.6 Å². The van der Waals surface area contributed by atoms with Gasteiger partial charge in [-0.2, -0.15) is 0 Å². The molecule has 0 aromatic heterocycles. The second-order valence-electron chi connectivity index (χ2n) is 4.53. The summed E-state index contributed by atoms with van der Waals surface area (Å²) in [4.78, 5) is 12.0. The quantitative estimate of drug-likeness (QED) is 0.635. The highest BCUT2D eigenvalue weighted by molar-refractivity contribution is 7.94.